The number of carbonyl (C=O) groups excluding carboxylic acids is 1. The molecule has 8 heteroatoms. The second-order valence-corrected chi connectivity index (χ2v) is 6.93. The lowest BCUT2D eigenvalue weighted by molar-refractivity contribution is -0.137. The monoisotopic (exact) mass is 393 g/mol. The molecular weight excluding hydrogens is 378 g/mol. The zero-order chi connectivity index (χ0) is 19.7. The molecule has 3 heterocycles. The smallest absolute Gasteiger partial charge is 0.267 e. The van der Waals surface area contributed by atoms with E-state index in [1.165, 1.54) is 11.2 Å². The van der Waals surface area contributed by atoms with Crippen molar-refractivity contribution in [3.8, 4) is 28.8 Å². The summed E-state index contributed by atoms with van der Waals surface area (Å²) in [7, 11) is 1.65. The number of aromatic nitrogens is 4. The van der Waals surface area contributed by atoms with E-state index in [2.05, 4.69) is 26.9 Å². The number of halogens is 1. The lowest BCUT2D eigenvalue weighted by Crippen LogP contribution is -2.37. The Morgan fingerprint density at radius 2 is 2.14 bits per heavy atom. The molecule has 3 aromatic rings. The van der Waals surface area contributed by atoms with Crippen molar-refractivity contribution in [2.24, 2.45) is 0 Å². The number of carbonyl (C=O) groups is 1. The molecule has 0 spiro atoms. The van der Waals surface area contributed by atoms with Crippen LogP contribution in [0, 0.1) is 11.8 Å². The van der Waals surface area contributed by atoms with Crippen LogP contribution in [0.5, 0.6) is 0 Å². The third-order valence-electron chi connectivity index (χ3n) is 4.54. The minimum absolute atomic E-state index is 0.298. The Morgan fingerprint density at radius 1 is 1.29 bits per heavy atom. The number of likely N-dealkylation sites (tertiary alicyclic amines) is 1. The van der Waals surface area contributed by atoms with Gasteiger partial charge in [0.05, 0.1) is 11.4 Å². The minimum Gasteiger partial charge on any atom is -0.369 e. The van der Waals surface area contributed by atoms with E-state index in [1.54, 1.807) is 24.1 Å². The highest BCUT2D eigenvalue weighted by molar-refractivity contribution is 6.29. The van der Waals surface area contributed by atoms with E-state index in [4.69, 9.17) is 11.6 Å². The van der Waals surface area contributed by atoms with Crippen LogP contribution in [0.4, 0.5) is 0 Å². The van der Waals surface area contributed by atoms with E-state index in [9.17, 15) is 9.90 Å². The highest BCUT2D eigenvalue weighted by Gasteiger charge is 2.42. The minimum atomic E-state index is -1.63. The van der Waals surface area contributed by atoms with Crippen molar-refractivity contribution in [1.82, 2.24) is 24.6 Å². The number of amides is 1. The van der Waals surface area contributed by atoms with Crippen molar-refractivity contribution in [2.75, 3.05) is 13.6 Å². The molecular formula is C20H16ClN5O2. The third kappa shape index (κ3) is 3.48. The van der Waals surface area contributed by atoms with E-state index in [-0.39, 0.29) is 5.91 Å². The molecule has 0 saturated carbocycles. The highest BCUT2D eigenvalue weighted by atomic mass is 35.5. The molecule has 1 N–H and O–H groups in total. The van der Waals surface area contributed by atoms with Gasteiger partial charge in [0.15, 0.2) is 0 Å². The molecule has 7 nitrogen and oxygen atoms in total. The zero-order valence-electron chi connectivity index (χ0n) is 15.0. The quantitative estimate of drug-likeness (QED) is 0.531. The Kier molecular flexibility index (Phi) is 4.59. The predicted octanol–water partition coefficient (Wildman–Crippen LogP) is 1.93. The number of benzene rings is 1. The molecule has 0 radical (unpaired) electrons. The molecule has 4 rings (SSSR count). The average Bonchev–Trinajstić information content (AvgIpc) is 3.32. The first-order chi connectivity index (χ1) is 13.4. The van der Waals surface area contributed by atoms with Gasteiger partial charge >= 0.3 is 0 Å². The van der Waals surface area contributed by atoms with Crippen molar-refractivity contribution < 1.29 is 9.90 Å². The van der Waals surface area contributed by atoms with E-state index >= 15 is 0 Å². The first-order valence-electron chi connectivity index (χ1n) is 8.59. The first-order valence-corrected chi connectivity index (χ1v) is 8.96. The number of aliphatic hydroxyl groups is 1. The lowest BCUT2D eigenvalue weighted by Gasteiger charge is -2.13. The van der Waals surface area contributed by atoms with E-state index in [1.807, 2.05) is 30.3 Å². The van der Waals surface area contributed by atoms with Crippen LogP contribution >= 0.6 is 11.6 Å². The van der Waals surface area contributed by atoms with Crippen molar-refractivity contribution in [3.63, 3.8) is 0 Å². The van der Waals surface area contributed by atoms with Crippen molar-refractivity contribution in [1.29, 1.82) is 0 Å². The summed E-state index contributed by atoms with van der Waals surface area (Å²) >= 11 is 6.18. The number of hydrogen-bond donors (Lipinski definition) is 1. The number of likely N-dealkylation sites (N-methyl/N-ethyl adjacent to an activating group) is 1. The molecule has 1 atom stereocenters. The molecule has 1 saturated heterocycles. The summed E-state index contributed by atoms with van der Waals surface area (Å²) in [6, 6.07) is 10.9. The number of pyridine rings is 1. The summed E-state index contributed by atoms with van der Waals surface area (Å²) in [6.45, 7) is 0.488. The summed E-state index contributed by atoms with van der Waals surface area (Å²) in [5, 5.41) is 14.9. The number of hydrogen-bond acceptors (Lipinski definition) is 5. The van der Waals surface area contributed by atoms with Crippen LogP contribution < -0.4 is 0 Å². The zero-order valence-corrected chi connectivity index (χ0v) is 15.8. The Labute approximate surface area is 166 Å². The fraction of sp³-hybridized carbons (Fsp3) is 0.200. The normalized spacial score (nSPS) is 18.8. The van der Waals surface area contributed by atoms with Gasteiger partial charge in [-0.3, -0.25) is 4.79 Å². The van der Waals surface area contributed by atoms with Crippen LogP contribution in [-0.2, 0) is 4.79 Å². The van der Waals surface area contributed by atoms with Crippen LogP contribution in [0.25, 0.3) is 16.9 Å². The average molecular weight is 394 g/mol. The number of rotatable bonds is 2. The summed E-state index contributed by atoms with van der Waals surface area (Å²) < 4.78 is 1.60. The maximum absolute atomic E-state index is 12.1. The molecule has 1 aromatic carbocycles. The fourth-order valence-corrected chi connectivity index (χ4v) is 3.21. The highest BCUT2D eigenvalue weighted by Crippen LogP contribution is 2.24. The maximum Gasteiger partial charge on any atom is 0.267 e. The summed E-state index contributed by atoms with van der Waals surface area (Å²) in [4.78, 5) is 21.9. The van der Waals surface area contributed by atoms with E-state index in [0.29, 0.717) is 29.4 Å². The molecule has 28 heavy (non-hydrogen) atoms. The van der Waals surface area contributed by atoms with Gasteiger partial charge in [0.25, 0.3) is 5.91 Å². The Balaban J connectivity index is 1.67. The van der Waals surface area contributed by atoms with Gasteiger partial charge in [0, 0.05) is 37.2 Å². The third-order valence-corrected chi connectivity index (χ3v) is 4.74. The molecule has 140 valence electrons. The van der Waals surface area contributed by atoms with Crippen molar-refractivity contribution >= 4 is 17.5 Å². The van der Waals surface area contributed by atoms with Gasteiger partial charge in [-0.05, 0) is 18.2 Å². The maximum atomic E-state index is 12.1. The second kappa shape index (κ2) is 7.08. The van der Waals surface area contributed by atoms with Gasteiger partial charge in [0.1, 0.15) is 17.8 Å². The molecule has 0 unspecified atom stereocenters. The van der Waals surface area contributed by atoms with Crippen LogP contribution in [0.15, 0.2) is 49.1 Å². The molecule has 2 aromatic heterocycles. The Bertz CT molecular complexity index is 1100. The summed E-state index contributed by atoms with van der Waals surface area (Å²) in [6.07, 6.45) is 3.32. The van der Waals surface area contributed by atoms with E-state index < -0.39 is 5.60 Å². The van der Waals surface area contributed by atoms with Gasteiger partial charge < -0.3 is 10.0 Å². The molecule has 0 aliphatic carbocycles. The van der Waals surface area contributed by atoms with E-state index in [0.717, 1.165) is 11.3 Å². The van der Waals surface area contributed by atoms with Gasteiger partial charge in [-0.25, -0.2) is 14.6 Å². The largest absolute Gasteiger partial charge is 0.369 e. The van der Waals surface area contributed by atoms with Gasteiger partial charge in [0.2, 0.25) is 5.60 Å². The predicted molar refractivity (Wildman–Crippen MR) is 104 cm³/mol. The summed E-state index contributed by atoms with van der Waals surface area (Å²) in [5.41, 5.74) is 1.23. The topological polar surface area (TPSA) is 84.1 Å². The molecule has 0 bridgehead atoms. The van der Waals surface area contributed by atoms with Crippen LogP contribution in [0.1, 0.15) is 12.0 Å². The lowest BCUT2D eigenvalue weighted by atomic mass is 10.0. The molecule has 1 fully saturated rings. The Morgan fingerprint density at radius 3 is 2.86 bits per heavy atom. The van der Waals surface area contributed by atoms with Crippen molar-refractivity contribution in [2.45, 2.75) is 12.0 Å². The molecule has 1 amide bonds. The first kappa shape index (κ1) is 18.2. The van der Waals surface area contributed by atoms with Gasteiger partial charge in [-0.2, -0.15) is 5.10 Å². The molecule has 1 aliphatic heterocycles. The van der Waals surface area contributed by atoms with Gasteiger partial charge in [-0.15, -0.1) is 0 Å². The molecule has 1 aliphatic rings. The van der Waals surface area contributed by atoms with Gasteiger partial charge in [-0.1, -0.05) is 35.6 Å². The second-order valence-electron chi connectivity index (χ2n) is 6.54. The van der Waals surface area contributed by atoms with Crippen LogP contribution in [0.3, 0.4) is 0 Å². The standard InChI is InChI=1S/C20H16ClN5O2/c1-25-8-7-20(28,19(25)27)6-5-14-3-2-4-15(9-14)17-10-16(11-18(21)24-17)26-13-22-12-23-26/h2-4,9-13,28H,7-8H2,1H3/t20-/m0/s1. The summed E-state index contributed by atoms with van der Waals surface area (Å²) in [5.74, 6) is 5.26. The van der Waals surface area contributed by atoms with Crippen molar-refractivity contribution in [3.05, 3.63) is 59.8 Å². The SMILES string of the molecule is CN1CC[C@@](O)(C#Cc2cccc(-c3cc(-n4cncn4)cc(Cl)n3)c2)C1=O. The number of nitrogens with zero attached hydrogens (tertiary/aromatic N) is 5. The van der Waals surface area contributed by atoms with Crippen LogP contribution in [-0.4, -0.2) is 54.9 Å². The Hall–Kier alpha value is -3.21. The fourth-order valence-electron chi connectivity index (χ4n) is 3.01. The van der Waals surface area contributed by atoms with Crippen LogP contribution in [0.2, 0.25) is 5.15 Å².